The first-order valence-electron chi connectivity index (χ1n) is 12.9. The van der Waals surface area contributed by atoms with Gasteiger partial charge in [0.25, 0.3) is 0 Å². The molecule has 3 aromatic heterocycles. The molecule has 0 unspecified atom stereocenters. The summed E-state index contributed by atoms with van der Waals surface area (Å²) in [5.41, 5.74) is 2.59. The van der Waals surface area contributed by atoms with E-state index in [1.165, 1.54) is 9.13 Å². The first-order chi connectivity index (χ1) is 18.6. The minimum Gasteiger partial charge on any atom is -0.299 e. The van der Waals surface area contributed by atoms with Gasteiger partial charge in [-0.15, -0.1) is 10.2 Å². The average Bonchev–Trinajstić information content (AvgIpc) is 3.39. The van der Waals surface area contributed by atoms with Crippen LogP contribution in [0.1, 0.15) is 57.4 Å². The van der Waals surface area contributed by atoms with Crippen molar-refractivity contribution in [3.63, 3.8) is 0 Å². The van der Waals surface area contributed by atoms with Gasteiger partial charge < -0.3 is 0 Å². The molecule has 4 heterocycles. The fraction of sp³-hybridized carbons (Fsp3) is 0.464. The summed E-state index contributed by atoms with van der Waals surface area (Å²) in [4.78, 5) is 19.8. The van der Waals surface area contributed by atoms with Crippen molar-refractivity contribution in [3.8, 4) is 17.3 Å². The van der Waals surface area contributed by atoms with E-state index in [-0.39, 0.29) is 23.5 Å². The van der Waals surface area contributed by atoms with Gasteiger partial charge in [-0.05, 0) is 49.1 Å². The molecule has 0 bridgehead atoms. The topological polar surface area (TPSA) is 97.6 Å². The normalized spacial score (nSPS) is 15.8. The molecule has 40 heavy (non-hydrogen) atoms. The molecule has 0 spiro atoms. The molecule has 12 heteroatoms. The monoisotopic (exact) mass is 552 g/mol. The number of hydrogen-bond donors (Lipinski definition) is 0. The van der Waals surface area contributed by atoms with Crippen molar-refractivity contribution in [2.75, 3.05) is 6.54 Å². The number of halogens is 3. The number of rotatable bonds is 4. The summed E-state index contributed by atoms with van der Waals surface area (Å²) in [6, 6.07) is 11.3. The third kappa shape index (κ3) is 4.90. The zero-order valence-corrected chi connectivity index (χ0v) is 23.3. The molecule has 5 rings (SSSR count). The van der Waals surface area contributed by atoms with Gasteiger partial charge >= 0.3 is 11.9 Å². The summed E-state index contributed by atoms with van der Waals surface area (Å²) in [7, 11) is 1.68. The molecule has 0 fully saturated rings. The number of nitriles is 1. The van der Waals surface area contributed by atoms with E-state index in [4.69, 9.17) is 4.98 Å². The van der Waals surface area contributed by atoms with Crippen molar-refractivity contribution >= 4 is 11.2 Å². The number of benzene rings is 1. The van der Waals surface area contributed by atoms with Crippen LogP contribution in [-0.4, -0.2) is 40.3 Å². The first kappa shape index (κ1) is 27.6. The third-order valence-electron chi connectivity index (χ3n) is 7.06. The standard InChI is InChI=1S/C28H31F3N8O/c1-26(2,3)15-38-21-10-9-20(33-23(21)36(6)25(38)40)19-11-17(7-8-18(19)12-32)13-37-14-22-34-35-24(28(29,30)31)39(22)27(4,5)16-37/h7-11H,13-16H2,1-6H3. The van der Waals surface area contributed by atoms with E-state index >= 15 is 0 Å². The van der Waals surface area contributed by atoms with Crippen LogP contribution in [0.4, 0.5) is 13.2 Å². The molecular formula is C28H31F3N8O. The molecule has 0 saturated heterocycles. The molecule has 0 N–H and O–H groups in total. The van der Waals surface area contributed by atoms with Gasteiger partial charge in [0.1, 0.15) is 5.82 Å². The van der Waals surface area contributed by atoms with Gasteiger partial charge in [-0.25, -0.2) is 9.78 Å². The minimum absolute atomic E-state index is 0.107. The molecule has 0 aliphatic carbocycles. The molecular weight excluding hydrogens is 521 g/mol. The van der Waals surface area contributed by atoms with Crippen LogP contribution in [0, 0.1) is 16.7 Å². The first-order valence-corrected chi connectivity index (χ1v) is 12.9. The maximum atomic E-state index is 13.5. The Balaban J connectivity index is 1.49. The second kappa shape index (κ2) is 9.30. The highest BCUT2D eigenvalue weighted by atomic mass is 19.4. The van der Waals surface area contributed by atoms with Gasteiger partial charge in [-0.1, -0.05) is 26.8 Å². The zero-order chi connectivity index (χ0) is 29.2. The lowest BCUT2D eigenvalue weighted by Gasteiger charge is -2.40. The molecule has 4 aromatic rings. The van der Waals surface area contributed by atoms with E-state index in [9.17, 15) is 23.2 Å². The average molecular weight is 553 g/mol. The van der Waals surface area contributed by atoms with Crippen LogP contribution in [0.3, 0.4) is 0 Å². The SMILES string of the molecule is Cn1c(=O)n(CC(C)(C)C)c2ccc(-c3cc(CN4Cc5nnc(C(F)(F)F)n5C(C)(C)C4)ccc3C#N)nc21. The predicted octanol–water partition coefficient (Wildman–Crippen LogP) is 4.68. The van der Waals surface area contributed by atoms with Gasteiger partial charge in [0.15, 0.2) is 5.65 Å². The van der Waals surface area contributed by atoms with E-state index in [1.807, 2.05) is 29.2 Å². The lowest BCUT2D eigenvalue weighted by molar-refractivity contribution is -0.150. The smallest absolute Gasteiger partial charge is 0.299 e. The lowest BCUT2D eigenvalue weighted by Crippen LogP contribution is -2.47. The van der Waals surface area contributed by atoms with Crippen LogP contribution in [-0.2, 0) is 38.4 Å². The molecule has 9 nitrogen and oxygen atoms in total. The summed E-state index contributed by atoms with van der Waals surface area (Å²) in [5, 5.41) is 17.1. The molecule has 1 aromatic carbocycles. The van der Waals surface area contributed by atoms with Crippen LogP contribution in [0.25, 0.3) is 22.4 Å². The van der Waals surface area contributed by atoms with Crippen LogP contribution in [0.15, 0.2) is 35.1 Å². The Hall–Kier alpha value is -3.98. The van der Waals surface area contributed by atoms with Crippen LogP contribution in [0.5, 0.6) is 0 Å². The predicted molar refractivity (Wildman–Crippen MR) is 143 cm³/mol. The number of alkyl halides is 3. The fourth-order valence-corrected chi connectivity index (χ4v) is 5.53. The number of imidazole rings is 1. The minimum atomic E-state index is -4.59. The van der Waals surface area contributed by atoms with Crippen molar-refractivity contribution in [2.24, 2.45) is 12.5 Å². The fourth-order valence-electron chi connectivity index (χ4n) is 5.53. The summed E-state index contributed by atoms with van der Waals surface area (Å²) in [6.45, 7) is 11.2. The van der Waals surface area contributed by atoms with E-state index < -0.39 is 17.5 Å². The quantitative estimate of drug-likeness (QED) is 0.365. The Morgan fingerprint density at radius 2 is 1.82 bits per heavy atom. The highest BCUT2D eigenvalue weighted by Gasteiger charge is 2.44. The van der Waals surface area contributed by atoms with Crippen LogP contribution >= 0.6 is 0 Å². The molecule has 1 aliphatic rings. The van der Waals surface area contributed by atoms with Crippen molar-refractivity contribution in [2.45, 2.75) is 66.0 Å². The Morgan fingerprint density at radius 3 is 2.48 bits per heavy atom. The second-order valence-electron chi connectivity index (χ2n) is 12.2. The maximum Gasteiger partial charge on any atom is 0.451 e. The Kier molecular flexibility index (Phi) is 6.41. The molecule has 0 atom stereocenters. The van der Waals surface area contributed by atoms with Crippen molar-refractivity contribution < 1.29 is 13.2 Å². The van der Waals surface area contributed by atoms with Gasteiger partial charge in [0, 0.05) is 32.2 Å². The summed E-state index contributed by atoms with van der Waals surface area (Å²) in [5.74, 6) is -0.731. The van der Waals surface area contributed by atoms with Gasteiger partial charge in [0.05, 0.1) is 34.9 Å². The van der Waals surface area contributed by atoms with Crippen LogP contribution in [0.2, 0.25) is 0 Å². The maximum absolute atomic E-state index is 13.5. The van der Waals surface area contributed by atoms with Gasteiger partial charge in [0.2, 0.25) is 5.82 Å². The number of hydrogen-bond acceptors (Lipinski definition) is 6. The van der Waals surface area contributed by atoms with Crippen molar-refractivity contribution in [3.05, 3.63) is 63.6 Å². The van der Waals surface area contributed by atoms with E-state index in [2.05, 4.69) is 37.0 Å². The lowest BCUT2D eigenvalue weighted by atomic mass is 9.97. The summed E-state index contributed by atoms with van der Waals surface area (Å²) >= 11 is 0. The number of fused-ring (bicyclic) bond motifs is 2. The molecule has 0 radical (unpaired) electrons. The van der Waals surface area contributed by atoms with Crippen LogP contribution < -0.4 is 5.69 Å². The number of pyridine rings is 1. The van der Waals surface area contributed by atoms with Crippen molar-refractivity contribution in [1.82, 2.24) is 33.8 Å². The van der Waals surface area contributed by atoms with Crippen molar-refractivity contribution in [1.29, 1.82) is 5.26 Å². The van der Waals surface area contributed by atoms with Gasteiger partial charge in [-0.3, -0.25) is 18.6 Å². The zero-order valence-electron chi connectivity index (χ0n) is 23.3. The molecule has 0 saturated carbocycles. The Bertz CT molecular complexity index is 1710. The number of aromatic nitrogens is 6. The van der Waals surface area contributed by atoms with Gasteiger partial charge in [-0.2, -0.15) is 18.4 Å². The third-order valence-corrected chi connectivity index (χ3v) is 7.06. The molecule has 0 amide bonds. The number of nitrogens with zero attached hydrogens (tertiary/aromatic N) is 8. The molecule has 1 aliphatic heterocycles. The van der Waals surface area contributed by atoms with E-state index in [0.717, 1.165) is 11.1 Å². The largest absolute Gasteiger partial charge is 0.451 e. The summed E-state index contributed by atoms with van der Waals surface area (Å²) in [6.07, 6.45) is -4.59. The highest BCUT2D eigenvalue weighted by molar-refractivity contribution is 5.78. The number of aryl methyl sites for hydroxylation is 1. The highest BCUT2D eigenvalue weighted by Crippen LogP contribution is 2.36. The Morgan fingerprint density at radius 1 is 1.10 bits per heavy atom. The second-order valence-corrected chi connectivity index (χ2v) is 12.2. The van der Waals surface area contributed by atoms with E-state index in [1.54, 1.807) is 31.5 Å². The molecule has 210 valence electrons. The summed E-state index contributed by atoms with van der Waals surface area (Å²) < 4.78 is 44.9. The Labute approximate surface area is 229 Å². The van der Waals surface area contributed by atoms with E-state index in [0.29, 0.717) is 42.1 Å².